The van der Waals surface area contributed by atoms with Crippen LogP contribution >= 0.6 is 0 Å². The minimum atomic E-state index is 0.128. The van der Waals surface area contributed by atoms with Crippen molar-refractivity contribution in [1.29, 1.82) is 0 Å². The summed E-state index contributed by atoms with van der Waals surface area (Å²) in [6.07, 6.45) is 0. The van der Waals surface area contributed by atoms with E-state index in [2.05, 4.69) is 5.32 Å². The topological polar surface area (TPSA) is 38.3 Å². The van der Waals surface area contributed by atoms with Crippen LogP contribution in [-0.4, -0.2) is 19.4 Å². The zero-order valence-electron chi connectivity index (χ0n) is 9.68. The molecule has 1 aromatic carbocycles. The first kappa shape index (κ1) is 11.6. The van der Waals surface area contributed by atoms with Gasteiger partial charge in [0.1, 0.15) is 11.5 Å². The van der Waals surface area contributed by atoms with Gasteiger partial charge < -0.3 is 10.1 Å². The second-order valence-electron chi connectivity index (χ2n) is 3.62. The average Bonchev–Trinajstić information content (AvgIpc) is 2.20. The van der Waals surface area contributed by atoms with Crippen LogP contribution in [0, 0.1) is 13.8 Å². The highest BCUT2D eigenvalue weighted by Gasteiger charge is 2.06. The van der Waals surface area contributed by atoms with Gasteiger partial charge in [-0.05, 0) is 44.0 Å². The van der Waals surface area contributed by atoms with Crippen molar-refractivity contribution in [1.82, 2.24) is 0 Å². The Morgan fingerprint density at radius 2 is 2.00 bits per heavy atom. The van der Waals surface area contributed by atoms with Crippen LogP contribution in [0.2, 0.25) is 0 Å². The van der Waals surface area contributed by atoms with Crippen LogP contribution in [0.25, 0.3) is 0 Å². The molecule has 0 atom stereocenters. The molecule has 0 aliphatic carbocycles. The van der Waals surface area contributed by atoms with Crippen molar-refractivity contribution in [3.63, 3.8) is 0 Å². The molecule has 0 amide bonds. The van der Waals surface area contributed by atoms with E-state index < -0.39 is 0 Å². The highest BCUT2D eigenvalue weighted by Crippen LogP contribution is 2.26. The second kappa shape index (κ2) is 4.82. The maximum atomic E-state index is 10.8. The number of anilines is 1. The molecule has 0 aromatic heterocycles. The number of rotatable bonds is 4. The van der Waals surface area contributed by atoms with Gasteiger partial charge in [-0.1, -0.05) is 0 Å². The van der Waals surface area contributed by atoms with E-state index in [0.717, 1.165) is 22.6 Å². The molecule has 1 aromatic rings. The molecule has 0 aliphatic rings. The summed E-state index contributed by atoms with van der Waals surface area (Å²) in [4.78, 5) is 10.8. The standard InChI is InChI=1S/C12H17NO2/c1-8(14)7-13-11-5-6-12(15-4)10(3)9(11)2/h5-6,13H,7H2,1-4H3. The van der Waals surface area contributed by atoms with E-state index in [1.54, 1.807) is 14.0 Å². The lowest BCUT2D eigenvalue weighted by molar-refractivity contribution is -0.115. The monoisotopic (exact) mass is 207 g/mol. The minimum Gasteiger partial charge on any atom is -0.496 e. The first-order valence-corrected chi connectivity index (χ1v) is 4.93. The Labute approximate surface area is 90.4 Å². The molecule has 82 valence electrons. The van der Waals surface area contributed by atoms with Crippen molar-refractivity contribution in [2.45, 2.75) is 20.8 Å². The van der Waals surface area contributed by atoms with Crippen LogP contribution in [-0.2, 0) is 4.79 Å². The van der Waals surface area contributed by atoms with Gasteiger partial charge in [-0.15, -0.1) is 0 Å². The SMILES string of the molecule is COc1ccc(NCC(C)=O)c(C)c1C. The van der Waals surface area contributed by atoms with Gasteiger partial charge in [0.25, 0.3) is 0 Å². The maximum absolute atomic E-state index is 10.8. The third-order valence-corrected chi connectivity index (χ3v) is 2.49. The summed E-state index contributed by atoms with van der Waals surface area (Å²) in [5.41, 5.74) is 3.21. The molecule has 15 heavy (non-hydrogen) atoms. The number of nitrogens with one attached hydrogen (secondary N) is 1. The van der Waals surface area contributed by atoms with Crippen molar-refractivity contribution >= 4 is 11.5 Å². The van der Waals surface area contributed by atoms with E-state index >= 15 is 0 Å². The van der Waals surface area contributed by atoms with Crippen molar-refractivity contribution in [2.24, 2.45) is 0 Å². The third-order valence-electron chi connectivity index (χ3n) is 2.49. The zero-order valence-corrected chi connectivity index (χ0v) is 9.68. The molecule has 0 heterocycles. The second-order valence-corrected chi connectivity index (χ2v) is 3.62. The molecule has 0 bridgehead atoms. The number of ketones is 1. The molecule has 1 N–H and O–H groups in total. The van der Waals surface area contributed by atoms with Crippen LogP contribution in [0.1, 0.15) is 18.1 Å². The largest absolute Gasteiger partial charge is 0.496 e. The Morgan fingerprint density at radius 1 is 1.33 bits per heavy atom. The van der Waals surface area contributed by atoms with Gasteiger partial charge in [-0.3, -0.25) is 4.79 Å². The average molecular weight is 207 g/mol. The van der Waals surface area contributed by atoms with E-state index in [1.807, 2.05) is 26.0 Å². The number of hydrogen-bond acceptors (Lipinski definition) is 3. The zero-order chi connectivity index (χ0) is 11.4. The normalized spacial score (nSPS) is 9.87. The van der Waals surface area contributed by atoms with Crippen LogP contribution < -0.4 is 10.1 Å². The van der Waals surface area contributed by atoms with Gasteiger partial charge in [0, 0.05) is 5.69 Å². The summed E-state index contributed by atoms with van der Waals surface area (Å²) >= 11 is 0. The Bertz CT molecular complexity index is 372. The molecule has 0 saturated heterocycles. The molecule has 1 rings (SSSR count). The molecule has 3 nitrogen and oxygen atoms in total. The maximum Gasteiger partial charge on any atom is 0.148 e. The number of carbonyl (C=O) groups excluding carboxylic acids is 1. The predicted octanol–water partition coefficient (Wildman–Crippen LogP) is 2.31. The summed E-state index contributed by atoms with van der Waals surface area (Å²) in [5, 5.41) is 3.10. The lowest BCUT2D eigenvalue weighted by Gasteiger charge is -2.13. The molecule has 0 spiro atoms. The van der Waals surface area contributed by atoms with Crippen LogP contribution in [0.5, 0.6) is 5.75 Å². The van der Waals surface area contributed by atoms with Gasteiger partial charge >= 0.3 is 0 Å². The van der Waals surface area contributed by atoms with E-state index in [0.29, 0.717) is 6.54 Å². The minimum absolute atomic E-state index is 0.128. The summed E-state index contributed by atoms with van der Waals surface area (Å²) in [7, 11) is 1.66. The molecule has 0 unspecified atom stereocenters. The highest BCUT2D eigenvalue weighted by molar-refractivity contribution is 5.80. The fourth-order valence-electron chi connectivity index (χ4n) is 1.43. The van der Waals surface area contributed by atoms with Crippen LogP contribution in [0.3, 0.4) is 0 Å². The third kappa shape index (κ3) is 2.72. The van der Waals surface area contributed by atoms with Gasteiger partial charge in [-0.2, -0.15) is 0 Å². The summed E-state index contributed by atoms with van der Waals surface area (Å²) in [6, 6.07) is 3.84. The molecule has 3 heteroatoms. The van der Waals surface area contributed by atoms with E-state index in [-0.39, 0.29) is 5.78 Å². The number of carbonyl (C=O) groups is 1. The van der Waals surface area contributed by atoms with Gasteiger partial charge in [0.2, 0.25) is 0 Å². The van der Waals surface area contributed by atoms with Gasteiger partial charge in [-0.25, -0.2) is 0 Å². The fourth-order valence-corrected chi connectivity index (χ4v) is 1.43. The Hall–Kier alpha value is -1.51. The highest BCUT2D eigenvalue weighted by atomic mass is 16.5. The van der Waals surface area contributed by atoms with Crippen molar-refractivity contribution < 1.29 is 9.53 Å². The van der Waals surface area contributed by atoms with Crippen molar-refractivity contribution in [2.75, 3.05) is 19.0 Å². The number of benzene rings is 1. The van der Waals surface area contributed by atoms with Crippen molar-refractivity contribution in [3.8, 4) is 5.75 Å². The Morgan fingerprint density at radius 3 is 2.53 bits per heavy atom. The number of Topliss-reactive ketones (excluding diaryl/α,β-unsaturated/α-hetero) is 1. The first-order valence-electron chi connectivity index (χ1n) is 4.93. The fraction of sp³-hybridized carbons (Fsp3) is 0.417. The molecule has 0 radical (unpaired) electrons. The number of ether oxygens (including phenoxy) is 1. The molecular formula is C12H17NO2. The summed E-state index contributed by atoms with van der Waals surface area (Å²) in [5.74, 6) is 1.00. The van der Waals surface area contributed by atoms with Gasteiger partial charge in [0.15, 0.2) is 0 Å². The molecular weight excluding hydrogens is 190 g/mol. The van der Waals surface area contributed by atoms with Crippen molar-refractivity contribution in [3.05, 3.63) is 23.3 Å². The summed E-state index contributed by atoms with van der Waals surface area (Å²) < 4.78 is 5.21. The lowest BCUT2D eigenvalue weighted by Crippen LogP contribution is -2.11. The number of hydrogen-bond donors (Lipinski definition) is 1. The Balaban J connectivity index is 2.91. The quantitative estimate of drug-likeness (QED) is 0.823. The lowest BCUT2D eigenvalue weighted by atomic mass is 10.1. The van der Waals surface area contributed by atoms with E-state index in [1.165, 1.54) is 0 Å². The number of methoxy groups -OCH3 is 1. The van der Waals surface area contributed by atoms with Crippen LogP contribution in [0.15, 0.2) is 12.1 Å². The van der Waals surface area contributed by atoms with E-state index in [4.69, 9.17) is 4.74 Å². The Kier molecular flexibility index (Phi) is 3.72. The predicted molar refractivity (Wildman–Crippen MR) is 61.6 cm³/mol. The van der Waals surface area contributed by atoms with E-state index in [9.17, 15) is 4.79 Å². The molecule has 0 saturated carbocycles. The molecule has 0 aliphatic heterocycles. The smallest absolute Gasteiger partial charge is 0.148 e. The van der Waals surface area contributed by atoms with Crippen LogP contribution in [0.4, 0.5) is 5.69 Å². The first-order chi connectivity index (χ1) is 7.06. The molecule has 0 fully saturated rings. The summed E-state index contributed by atoms with van der Waals surface area (Å²) in [6.45, 7) is 5.96. The van der Waals surface area contributed by atoms with Gasteiger partial charge in [0.05, 0.1) is 13.7 Å².